The first kappa shape index (κ1) is 19.5. The second kappa shape index (κ2) is 7.37. The van der Waals surface area contributed by atoms with Crippen LogP contribution in [0.25, 0.3) is 11.2 Å². The van der Waals surface area contributed by atoms with Gasteiger partial charge >= 0.3 is 11.9 Å². The molecular weight excluding hydrogens is 426 g/mol. The van der Waals surface area contributed by atoms with Crippen molar-refractivity contribution in [1.29, 1.82) is 0 Å². The van der Waals surface area contributed by atoms with Crippen molar-refractivity contribution in [3.63, 3.8) is 0 Å². The number of anilines is 1. The number of hydrogen-bond donors (Lipinski definition) is 2. The Balaban J connectivity index is 1.96. The number of aliphatic hydroxyl groups excluding tert-OH is 1. The van der Waals surface area contributed by atoms with Gasteiger partial charge in [-0.2, -0.15) is 0 Å². The molecule has 1 saturated heterocycles. The van der Waals surface area contributed by atoms with Gasteiger partial charge < -0.3 is 25.1 Å². The van der Waals surface area contributed by atoms with Crippen molar-refractivity contribution in [1.82, 2.24) is 19.5 Å². The van der Waals surface area contributed by atoms with Crippen LogP contribution in [-0.2, 0) is 23.8 Å². The zero-order valence-electron chi connectivity index (χ0n) is 14.5. The lowest BCUT2D eigenvalue weighted by Crippen LogP contribution is -2.48. The normalized spacial score (nSPS) is 24.1. The number of aliphatic hydroxyl groups is 1. The summed E-state index contributed by atoms with van der Waals surface area (Å²) in [6, 6.07) is 0. The van der Waals surface area contributed by atoms with Crippen molar-refractivity contribution in [2.45, 2.75) is 36.6 Å². The number of rotatable bonds is 5. The minimum atomic E-state index is -1.31. The Bertz CT molecular complexity index is 855. The van der Waals surface area contributed by atoms with E-state index in [9.17, 15) is 14.7 Å². The Morgan fingerprint density at radius 2 is 1.93 bits per heavy atom. The van der Waals surface area contributed by atoms with E-state index in [2.05, 4.69) is 30.9 Å². The first-order valence-corrected chi connectivity index (χ1v) is 8.86. The molecule has 146 valence electrons. The third-order valence-electron chi connectivity index (χ3n) is 4.15. The highest BCUT2D eigenvalue weighted by Gasteiger charge is 2.56. The Kier molecular flexibility index (Phi) is 5.31. The summed E-state index contributed by atoms with van der Waals surface area (Å²) >= 11 is 3.38. The average Bonchev–Trinajstić information content (AvgIpc) is 3.14. The topological polar surface area (TPSA) is 152 Å². The molecule has 0 radical (unpaired) electrons. The van der Waals surface area contributed by atoms with Gasteiger partial charge in [-0.05, 0) is 0 Å². The maximum atomic E-state index is 11.3. The van der Waals surface area contributed by atoms with Crippen LogP contribution in [0.4, 0.5) is 5.82 Å². The zero-order chi connectivity index (χ0) is 19.8. The number of halogens is 1. The predicted molar refractivity (Wildman–Crippen MR) is 94.6 cm³/mol. The maximum Gasteiger partial charge on any atom is 0.302 e. The molecule has 0 saturated carbocycles. The van der Waals surface area contributed by atoms with E-state index in [0.717, 1.165) is 0 Å². The summed E-state index contributed by atoms with van der Waals surface area (Å²) in [4.78, 5) is 34.0. The summed E-state index contributed by atoms with van der Waals surface area (Å²) < 4.78 is 17.7. The molecular formula is C15H18BrN5O6. The number of imidazole rings is 1. The van der Waals surface area contributed by atoms with E-state index in [1.165, 1.54) is 31.1 Å². The zero-order valence-corrected chi connectivity index (χ0v) is 16.1. The summed E-state index contributed by atoms with van der Waals surface area (Å²) in [6.07, 6.45) is 0.648. The summed E-state index contributed by atoms with van der Waals surface area (Å²) in [5, 5.41) is 10.7. The minimum Gasteiger partial charge on any atom is -0.463 e. The highest BCUT2D eigenvalue weighted by molar-refractivity contribution is 9.09. The van der Waals surface area contributed by atoms with Gasteiger partial charge in [0.25, 0.3) is 0 Å². The number of alkyl halides is 1. The van der Waals surface area contributed by atoms with Crippen molar-refractivity contribution in [2.75, 3.05) is 18.9 Å². The van der Waals surface area contributed by atoms with Crippen LogP contribution in [0, 0.1) is 0 Å². The number of esters is 2. The molecule has 27 heavy (non-hydrogen) atoms. The number of nitrogens with zero attached hydrogens (tertiary/aromatic N) is 4. The summed E-state index contributed by atoms with van der Waals surface area (Å²) in [5.41, 5.74) is 5.20. The lowest BCUT2D eigenvalue weighted by Gasteiger charge is -2.30. The van der Waals surface area contributed by atoms with E-state index in [-0.39, 0.29) is 19.0 Å². The van der Waals surface area contributed by atoms with E-state index >= 15 is 0 Å². The van der Waals surface area contributed by atoms with Crippen molar-refractivity contribution in [3.05, 3.63) is 12.7 Å². The molecule has 0 aliphatic carbocycles. The SMILES string of the molecule is CC(=O)OCC1(COC(C)=O)O[C@@H](n2cnc3c(N)ncnc32)[C@H](O)[C@H]1Br. The number of aromatic nitrogens is 4. The van der Waals surface area contributed by atoms with Crippen molar-refractivity contribution in [2.24, 2.45) is 0 Å². The Morgan fingerprint density at radius 1 is 1.30 bits per heavy atom. The molecule has 1 fully saturated rings. The van der Waals surface area contributed by atoms with Gasteiger partial charge in [-0.15, -0.1) is 0 Å². The van der Waals surface area contributed by atoms with Crippen LogP contribution in [-0.4, -0.2) is 66.3 Å². The second-order valence-electron chi connectivity index (χ2n) is 6.11. The van der Waals surface area contributed by atoms with E-state index < -0.39 is 34.7 Å². The number of nitrogen functional groups attached to an aromatic ring is 1. The average molecular weight is 444 g/mol. The van der Waals surface area contributed by atoms with Crippen LogP contribution in [0.2, 0.25) is 0 Å². The maximum absolute atomic E-state index is 11.3. The summed E-state index contributed by atoms with van der Waals surface area (Å²) in [7, 11) is 0. The standard InChI is InChI=1S/C15H18BrN5O6/c1-7(22)25-3-15(4-26-8(2)23)11(16)10(24)14(27-15)21-6-20-9-12(17)18-5-19-13(9)21/h5-6,10-11,14,24H,3-4H2,1-2H3,(H2,17,18,19)/t10-,11-,14-/m1/s1. The van der Waals surface area contributed by atoms with E-state index in [4.69, 9.17) is 19.9 Å². The monoisotopic (exact) mass is 443 g/mol. The quantitative estimate of drug-likeness (QED) is 0.473. The van der Waals surface area contributed by atoms with Gasteiger partial charge in [0.2, 0.25) is 0 Å². The smallest absolute Gasteiger partial charge is 0.302 e. The minimum absolute atomic E-state index is 0.188. The number of fused-ring (bicyclic) bond motifs is 1. The fraction of sp³-hybridized carbons (Fsp3) is 0.533. The van der Waals surface area contributed by atoms with Gasteiger partial charge in [-0.3, -0.25) is 14.2 Å². The Hall–Kier alpha value is -2.31. The van der Waals surface area contributed by atoms with E-state index in [1.54, 1.807) is 0 Å². The lowest BCUT2D eigenvalue weighted by molar-refractivity contribution is -0.172. The Labute approximate surface area is 162 Å². The van der Waals surface area contributed by atoms with Crippen LogP contribution < -0.4 is 5.73 Å². The molecule has 3 atom stereocenters. The van der Waals surface area contributed by atoms with Gasteiger partial charge in [-0.1, -0.05) is 15.9 Å². The number of carbonyl (C=O) groups is 2. The van der Waals surface area contributed by atoms with Gasteiger partial charge in [0.05, 0.1) is 11.2 Å². The molecule has 3 heterocycles. The Morgan fingerprint density at radius 3 is 2.52 bits per heavy atom. The summed E-state index contributed by atoms with van der Waals surface area (Å²) in [5.74, 6) is -0.883. The molecule has 2 aromatic rings. The van der Waals surface area contributed by atoms with Crippen molar-refractivity contribution >= 4 is 44.9 Å². The van der Waals surface area contributed by atoms with E-state index in [0.29, 0.717) is 11.2 Å². The van der Waals surface area contributed by atoms with Crippen molar-refractivity contribution in [3.8, 4) is 0 Å². The number of ether oxygens (including phenoxy) is 3. The van der Waals surface area contributed by atoms with Gasteiger partial charge in [0.15, 0.2) is 23.3 Å². The number of hydrogen-bond acceptors (Lipinski definition) is 10. The molecule has 0 spiro atoms. The fourth-order valence-corrected chi connectivity index (χ4v) is 3.46. The molecule has 1 aliphatic heterocycles. The fourth-order valence-electron chi connectivity index (χ4n) is 2.83. The molecule has 0 bridgehead atoms. The molecule has 2 aromatic heterocycles. The van der Waals surface area contributed by atoms with E-state index in [1.807, 2.05) is 0 Å². The number of carbonyl (C=O) groups excluding carboxylic acids is 2. The first-order valence-electron chi connectivity index (χ1n) is 7.95. The molecule has 0 aromatic carbocycles. The largest absolute Gasteiger partial charge is 0.463 e. The first-order chi connectivity index (χ1) is 12.7. The molecule has 11 nitrogen and oxygen atoms in total. The predicted octanol–water partition coefficient (Wildman–Crippen LogP) is -0.0733. The van der Waals surface area contributed by atoms with Crippen LogP contribution in [0.15, 0.2) is 12.7 Å². The third-order valence-corrected chi connectivity index (χ3v) is 5.53. The summed E-state index contributed by atoms with van der Waals surface area (Å²) in [6.45, 7) is 2.02. The van der Waals surface area contributed by atoms with Crippen molar-refractivity contribution < 1.29 is 28.9 Å². The van der Waals surface area contributed by atoms with Crippen LogP contribution in [0.3, 0.4) is 0 Å². The molecule has 1 aliphatic rings. The molecule has 0 unspecified atom stereocenters. The second-order valence-corrected chi connectivity index (χ2v) is 7.10. The molecule has 3 N–H and O–H groups in total. The molecule has 12 heteroatoms. The van der Waals surface area contributed by atoms with Gasteiger partial charge in [0, 0.05) is 13.8 Å². The lowest BCUT2D eigenvalue weighted by atomic mass is 10.0. The van der Waals surface area contributed by atoms with Crippen LogP contribution >= 0.6 is 15.9 Å². The third kappa shape index (κ3) is 3.59. The highest BCUT2D eigenvalue weighted by atomic mass is 79.9. The molecule has 0 amide bonds. The number of nitrogens with two attached hydrogens (primary N) is 1. The molecule has 3 rings (SSSR count). The van der Waals surface area contributed by atoms with Crippen LogP contribution in [0.5, 0.6) is 0 Å². The highest BCUT2D eigenvalue weighted by Crippen LogP contribution is 2.43. The van der Waals surface area contributed by atoms with Gasteiger partial charge in [0.1, 0.15) is 31.2 Å². The van der Waals surface area contributed by atoms with Crippen LogP contribution in [0.1, 0.15) is 20.1 Å². The van der Waals surface area contributed by atoms with Gasteiger partial charge in [-0.25, -0.2) is 15.0 Å².